The number of aliphatic imine (C=N–C) groups is 1. The van der Waals surface area contributed by atoms with Gasteiger partial charge in [0.2, 0.25) is 5.89 Å². The smallest absolute Gasteiger partial charge is 0.236 e. The molecule has 1 N–H and O–H groups in total. The Morgan fingerprint density at radius 3 is 2.79 bits per heavy atom. The lowest BCUT2D eigenvalue weighted by molar-refractivity contribution is 0.476. The van der Waals surface area contributed by atoms with E-state index in [4.69, 9.17) is 4.42 Å². The van der Waals surface area contributed by atoms with Crippen molar-refractivity contribution in [2.45, 2.75) is 13.1 Å². The first-order valence-corrected chi connectivity index (χ1v) is 8.58. The van der Waals surface area contributed by atoms with E-state index in [1.807, 2.05) is 42.8 Å². The summed E-state index contributed by atoms with van der Waals surface area (Å²) in [4.78, 5) is 12.0. The summed E-state index contributed by atoms with van der Waals surface area (Å²) in [6.45, 7) is 1.36. The van der Waals surface area contributed by atoms with Crippen LogP contribution in [0.5, 0.6) is 0 Å². The summed E-state index contributed by atoms with van der Waals surface area (Å²) >= 11 is 1.62. The molecule has 0 atom stereocenters. The van der Waals surface area contributed by atoms with Crippen LogP contribution in [0.4, 0.5) is 0 Å². The molecule has 0 aliphatic heterocycles. The number of aromatic nitrogens is 1. The van der Waals surface area contributed by atoms with Crippen molar-refractivity contribution in [1.82, 2.24) is 15.2 Å². The SMILES string of the molecule is CN=C(NCc1coc(-c2cccs2)n1)N(C)Cc1ccccc1. The molecule has 24 heavy (non-hydrogen) atoms. The first-order chi connectivity index (χ1) is 11.8. The molecule has 0 radical (unpaired) electrons. The molecule has 0 saturated carbocycles. The van der Waals surface area contributed by atoms with Gasteiger partial charge in [-0.15, -0.1) is 11.3 Å². The maximum absolute atomic E-state index is 5.54. The van der Waals surface area contributed by atoms with E-state index in [1.165, 1.54) is 5.56 Å². The van der Waals surface area contributed by atoms with Crippen molar-refractivity contribution in [2.24, 2.45) is 4.99 Å². The minimum absolute atomic E-state index is 0.570. The summed E-state index contributed by atoms with van der Waals surface area (Å²) in [7, 11) is 3.80. The molecule has 0 spiro atoms. The molecular weight excluding hydrogens is 320 g/mol. The van der Waals surface area contributed by atoms with E-state index in [0.29, 0.717) is 12.4 Å². The summed E-state index contributed by atoms with van der Waals surface area (Å²) in [5.41, 5.74) is 2.09. The lowest BCUT2D eigenvalue weighted by atomic mass is 10.2. The van der Waals surface area contributed by atoms with Gasteiger partial charge in [0.05, 0.1) is 17.1 Å². The lowest BCUT2D eigenvalue weighted by Crippen LogP contribution is -2.38. The monoisotopic (exact) mass is 340 g/mol. The molecule has 0 amide bonds. The summed E-state index contributed by atoms with van der Waals surface area (Å²) in [6, 6.07) is 14.3. The third-order valence-electron chi connectivity index (χ3n) is 3.55. The standard InChI is InChI=1S/C18H20N4OS/c1-19-18(22(2)12-14-7-4-3-5-8-14)20-11-15-13-23-17(21-15)16-9-6-10-24-16/h3-10,13H,11-12H2,1-2H3,(H,19,20). The van der Waals surface area contributed by atoms with Gasteiger partial charge in [0, 0.05) is 20.6 Å². The van der Waals surface area contributed by atoms with Gasteiger partial charge in [0.1, 0.15) is 6.26 Å². The van der Waals surface area contributed by atoms with Gasteiger partial charge in [-0.25, -0.2) is 4.98 Å². The fourth-order valence-corrected chi connectivity index (χ4v) is 3.04. The van der Waals surface area contributed by atoms with Crippen LogP contribution in [-0.4, -0.2) is 29.9 Å². The average molecular weight is 340 g/mol. The van der Waals surface area contributed by atoms with Crippen molar-refractivity contribution in [1.29, 1.82) is 0 Å². The van der Waals surface area contributed by atoms with Crippen LogP contribution in [0.15, 0.2) is 63.5 Å². The molecule has 0 bridgehead atoms. The highest BCUT2D eigenvalue weighted by Crippen LogP contribution is 2.23. The van der Waals surface area contributed by atoms with Crippen molar-refractivity contribution >= 4 is 17.3 Å². The van der Waals surface area contributed by atoms with E-state index in [1.54, 1.807) is 24.6 Å². The number of hydrogen-bond acceptors (Lipinski definition) is 4. The Kier molecular flexibility index (Phi) is 5.28. The van der Waals surface area contributed by atoms with E-state index in [2.05, 4.69) is 32.3 Å². The molecular formula is C18H20N4OS. The Bertz CT molecular complexity index is 780. The van der Waals surface area contributed by atoms with Crippen LogP contribution in [0, 0.1) is 0 Å². The Balaban J connectivity index is 1.58. The second-order valence-electron chi connectivity index (χ2n) is 5.36. The van der Waals surface area contributed by atoms with E-state index < -0.39 is 0 Å². The van der Waals surface area contributed by atoms with Gasteiger partial charge >= 0.3 is 0 Å². The molecule has 0 unspecified atom stereocenters. The summed E-state index contributed by atoms with van der Waals surface area (Å²) in [6.07, 6.45) is 1.69. The quantitative estimate of drug-likeness (QED) is 0.569. The number of thiophene rings is 1. The molecule has 2 heterocycles. The molecule has 0 aliphatic rings. The highest BCUT2D eigenvalue weighted by atomic mass is 32.1. The van der Waals surface area contributed by atoms with E-state index >= 15 is 0 Å². The van der Waals surface area contributed by atoms with Crippen molar-refractivity contribution in [2.75, 3.05) is 14.1 Å². The van der Waals surface area contributed by atoms with Crippen LogP contribution >= 0.6 is 11.3 Å². The zero-order valence-electron chi connectivity index (χ0n) is 13.8. The maximum atomic E-state index is 5.54. The van der Waals surface area contributed by atoms with Crippen LogP contribution in [0.2, 0.25) is 0 Å². The number of benzene rings is 1. The van der Waals surface area contributed by atoms with Gasteiger partial charge < -0.3 is 14.6 Å². The van der Waals surface area contributed by atoms with Crippen molar-refractivity contribution in [3.8, 4) is 10.8 Å². The van der Waals surface area contributed by atoms with Crippen LogP contribution in [0.1, 0.15) is 11.3 Å². The number of hydrogen-bond donors (Lipinski definition) is 1. The van der Waals surface area contributed by atoms with Crippen LogP contribution in [0.3, 0.4) is 0 Å². The van der Waals surface area contributed by atoms with Crippen LogP contribution < -0.4 is 5.32 Å². The molecule has 0 saturated heterocycles. The zero-order chi connectivity index (χ0) is 16.8. The summed E-state index contributed by atoms with van der Waals surface area (Å²) in [5.74, 6) is 1.48. The Labute approximate surface area is 145 Å². The fourth-order valence-electron chi connectivity index (χ4n) is 2.39. The second-order valence-corrected chi connectivity index (χ2v) is 6.31. The second kappa shape index (κ2) is 7.79. The van der Waals surface area contributed by atoms with E-state index in [9.17, 15) is 0 Å². The van der Waals surface area contributed by atoms with Gasteiger partial charge in [0.25, 0.3) is 0 Å². The Morgan fingerprint density at radius 2 is 2.08 bits per heavy atom. The van der Waals surface area contributed by atoms with Gasteiger partial charge in [-0.1, -0.05) is 36.4 Å². The minimum Gasteiger partial charge on any atom is -0.443 e. The van der Waals surface area contributed by atoms with Gasteiger partial charge in [-0.05, 0) is 17.0 Å². The van der Waals surface area contributed by atoms with Gasteiger partial charge in [-0.2, -0.15) is 0 Å². The first kappa shape index (κ1) is 16.3. The Hall–Kier alpha value is -2.60. The van der Waals surface area contributed by atoms with Crippen LogP contribution in [-0.2, 0) is 13.1 Å². The third kappa shape index (κ3) is 4.02. The van der Waals surface area contributed by atoms with Crippen LogP contribution in [0.25, 0.3) is 10.8 Å². The van der Waals surface area contributed by atoms with Crippen molar-refractivity contribution in [3.05, 3.63) is 65.4 Å². The number of guanidine groups is 1. The largest absolute Gasteiger partial charge is 0.443 e. The summed E-state index contributed by atoms with van der Waals surface area (Å²) < 4.78 is 5.54. The molecule has 5 nitrogen and oxygen atoms in total. The predicted octanol–water partition coefficient (Wildman–Crippen LogP) is 3.61. The number of oxazole rings is 1. The zero-order valence-corrected chi connectivity index (χ0v) is 14.6. The molecule has 3 rings (SSSR count). The molecule has 124 valence electrons. The normalized spacial score (nSPS) is 11.5. The average Bonchev–Trinajstić information content (AvgIpc) is 3.28. The first-order valence-electron chi connectivity index (χ1n) is 7.70. The molecule has 6 heteroatoms. The minimum atomic E-state index is 0.570. The Morgan fingerprint density at radius 1 is 1.25 bits per heavy atom. The van der Waals surface area contributed by atoms with Gasteiger partial charge in [0.15, 0.2) is 5.96 Å². The number of rotatable bonds is 5. The van der Waals surface area contributed by atoms with Crippen molar-refractivity contribution < 1.29 is 4.42 Å². The third-order valence-corrected chi connectivity index (χ3v) is 4.41. The molecule has 0 aliphatic carbocycles. The molecule has 3 aromatic rings. The predicted molar refractivity (Wildman–Crippen MR) is 97.9 cm³/mol. The molecule has 1 aromatic carbocycles. The van der Waals surface area contributed by atoms with E-state index in [-0.39, 0.29) is 0 Å². The molecule has 2 aromatic heterocycles. The number of nitrogens with one attached hydrogen (secondary N) is 1. The fraction of sp³-hybridized carbons (Fsp3) is 0.222. The number of nitrogens with zero attached hydrogens (tertiary/aromatic N) is 3. The lowest BCUT2D eigenvalue weighted by Gasteiger charge is -2.21. The van der Waals surface area contributed by atoms with E-state index in [0.717, 1.165) is 23.1 Å². The topological polar surface area (TPSA) is 53.7 Å². The van der Waals surface area contributed by atoms with Crippen molar-refractivity contribution in [3.63, 3.8) is 0 Å². The maximum Gasteiger partial charge on any atom is 0.236 e. The molecule has 0 fully saturated rings. The highest BCUT2D eigenvalue weighted by molar-refractivity contribution is 7.13. The highest BCUT2D eigenvalue weighted by Gasteiger charge is 2.10. The summed E-state index contributed by atoms with van der Waals surface area (Å²) in [5, 5.41) is 5.33. The van der Waals surface area contributed by atoms with Gasteiger partial charge in [-0.3, -0.25) is 4.99 Å².